The van der Waals surface area contributed by atoms with E-state index in [0.717, 1.165) is 59.1 Å². The lowest BCUT2D eigenvalue weighted by Gasteiger charge is -2.34. The van der Waals surface area contributed by atoms with Gasteiger partial charge in [-0.05, 0) is 114 Å². The summed E-state index contributed by atoms with van der Waals surface area (Å²) in [4.78, 5) is 48.1. The Balaban J connectivity index is 0.843. The van der Waals surface area contributed by atoms with Gasteiger partial charge in [-0.25, -0.2) is 4.79 Å². The third kappa shape index (κ3) is 6.79. The standard InChI is InChI=1S/C40H42N6O4/c47-38(41-25-33-22-26-5-1-2-7-29(33)21-26)32-13-16-36-37(24-32)46(44-43-36)50-40(49)28-11-14-35(15-12-28)45-19-17-34(18-20-45)42-39(48)31-10-9-27-6-3-4-8-30(27)23-31/h3-4,6,8-16,23-24,26,29,33-34H,1-2,5,7,17-22,25H2,(H,41,47)(H,42,48)/t26-,29+,33?/m0/s1. The SMILES string of the molecule is O=C(NCC1C[C@H]2CCCC[C@@H]1C2)c1ccc2nnn(OC(=O)c3ccc(N4CCC(NC(=O)c5ccc6ccccc6c5)CC4)cc3)c2c1. The predicted molar refractivity (Wildman–Crippen MR) is 192 cm³/mol. The summed E-state index contributed by atoms with van der Waals surface area (Å²) < 4.78 is 0. The number of anilines is 1. The molecule has 3 atom stereocenters. The lowest BCUT2D eigenvalue weighted by molar-refractivity contribution is 0.0408. The molecule has 3 fully saturated rings. The summed E-state index contributed by atoms with van der Waals surface area (Å²) in [6.07, 6.45) is 9.41. The monoisotopic (exact) mass is 670 g/mol. The van der Waals surface area contributed by atoms with Gasteiger partial charge in [-0.3, -0.25) is 9.59 Å². The molecule has 10 nitrogen and oxygen atoms in total. The lowest BCUT2D eigenvalue weighted by atomic mass is 9.90. The van der Waals surface area contributed by atoms with Crippen molar-refractivity contribution in [2.24, 2.45) is 17.8 Å². The predicted octanol–water partition coefficient (Wildman–Crippen LogP) is 6.20. The van der Waals surface area contributed by atoms with E-state index in [1.807, 2.05) is 54.6 Å². The number of carbonyl (C=O) groups excluding carboxylic acids is 3. The second-order valence-corrected chi connectivity index (χ2v) is 14.2. The van der Waals surface area contributed by atoms with Crippen LogP contribution in [-0.2, 0) is 0 Å². The van der Waals surface area contributed by atoms with Crippen molar-refractivity contribution in [3.8, 4) is 0 Å². The number of carbonyl (C=O) groups is 3. The van der Waals surface area contributed by atoms with Gasteiger partial charge in [-0.2, -0.15) is 0 Å². The number of nitrogens with zero attached hydrogens (tertiary/aromatic N) is 4. The molecule has 0 spiro atoms. The van der Waals surface area contributed by atoms with E-state index in [9.17, 15) is 14.4 Å². The summed E-state index contributed by atoms with van der Waals surface area (Å²) in [6, 6.07) is 26.4. The van der Waals surface area contributed by atoms with Gasteiger partial charge in [-0.15, -0.1) is 5.10 Å². The molecule has 4 aromatic carbocycles. The topological polar surface area (TPSA) is 118 Å². The summed E-state index contributed by atoms with van der Waals surface area (Å²) in [7, 11) is 0. The fraction of sp³-hybridized carbons (Fsp3) is 0.375. The molecule has 2 saturated carbocycles. The molecule has 2 heterocycles. The van der Waals surface area contributed by atoms with E-state index in [0.29, 0.717) is 40.2 Å². The summed E-state index contributed by atoms with van der Waals surface area (Å²) >= 11 is 0. The molecule has 1 saturated heterocycles. The van der Waals surface area contributed by atoms with Crippen molar-refractivity contribution in [1.29, 1.82) is 0 Å². The van der Waals surface area contributed by atoms with Gasteiger partial charge in [0.15, 0.2) is 0 Å². The van der Waals surface area contributed by atoms with E-state index in [1.54, 1.807) is 30.3 Å². The Morgan fingerprint density at radius 1 is 0.760 bits per heavy atom. The van der Waals surface area contributed by atoms with Crippen LogP contribution in [0.3, 0.4) is 0 Å². The summed E-state index contributed by atoms with van der Waals surface area (Å²) in [5.74, 6) is 1.32. The molecule has 8 rings (SSSR count). The van der Waals surface area contributed by atoms with Gasteiger partial charge in [0.1, 0.15) is 11.0 Å². The third-order valence-corrected chi connectivity index (χ3v) is 11.1. The number of fused-ring (bicyclic) bond motifs is 4. The zero-order chi connectivity index (χ0) is 34.0. The van der Waals surface area contributed by atoms with Crippen LogP contribution in [0.4, 0.5) is 5.69 Å². The number of hydrogen-bond donors (Lipinski definition) is 2. The number of nitrogens with one attached hydrogen (secondary N) is 2. The molecule has 2 aliphatic carbocycles. The summed E-state index contributed by atoms with van der Waals surface area (Å²) in [5, 5.41) is 16.7. The van der Waals surface area contributed by atoms with E-state index in [4.69, 9.17) is 4.84 Å². The second-order valence-electron chi connectivity index (χ2n) is 14.2. The number of piperidine rings is 1. The Morgan fingerprint density at radius 3 is 2.34 bits per heavy atom. The number of aromatic nitrogens is 3. The Bertz CT molecular complexity index is 2030. The van der Waals surface area contributed by atoms with Crippen LogP contribution >= 0.6 is 0 Å². The molecular formula is C40H42N6O4. The van der Waals surface area contributed by atoms with Crippen LogP contribution in [-0.4, -0.2) is 58.6 Å². The van der Waals surface area contributed by atoms with Crippen molar-refractivity contribution in [3.63, 3.8) is 0 Å². The van der Waals surface area contributed by atoms with Crippen molar-refractivity contribution >= 4 is 45.3 Å². The molecule has 256 valence electrons. The molecule has 2 amide bonds. The normalized spacial score (nSPS) is 20.8. The highest BCUT2D eigenvalue weighted by Gasteiger charge is 2.35. The van der Waals surface area contributed by atoms with Crippen molar-refractivity contribution in [1.82, 2.24) is 25.8 Å². The van der Waals surface area contributed by atoms with Crippen LogP contribution in [0.25, 0.3) is 21.8 Å². The van der Waals surface area contributed by atoms with Crippen molar-refractivity contribution in [2.45, 2.75) is 57.4 Å². The average Bonchev–Trinajstić information content (AvgIpc) is 3.65. The van der Waals surface area contributed by atoms with E-state index >= 15 is 0 Å². The fourth-order valence-corrected chi connectivity index (χ4v) is 8.27. The van der Waals surface area contributed by atoms with E-state index in [-0.39, 0.29) is 17.9 Å². The van der Waals surface area contributed by atoms with Gasteiger partial charge in [-0.1, -0.05) is 60.9 Å². The first-order valence-corrected chi connectivity index (χ1v) is 18.0. The maximum Gasteiger partial charge on any atom is 0.365 e. The number of rotatable bonds is 8. The van der Waals surface area contributed by atoms with Crippen LogP contribution in [0.1, 0.15) is 82.4 Å². The Morgan fingerprint density at radius 2 is 1.50 bits per heavy atom. The highest BCUT2D eigenvalue weighted by atomic mass is 16.7. The van der Waals surface area contributed by atoms with Crippen LogP contribution in [0.5, 0.6) is 0 Å². The largest absolute Gasteiger partial charge is 0.371 e. The Hall–Kier alpha value is -5.25. The molecule has 2 N–H and O–H groups in total. The quantitative estimate of drug-likeness (QED) is 0.189. The minimum absolute atomic E-state index is 0.0480. The molecule has 0 radical (unpaired) electrons. The van der Waals surface area contributed by atoms with E-state index < -0.39 is 5.97 Å². The minimum Gasteiger partial charge on any atom is -0.371 e. The van der Waals surface area contributed by atoms with Crippen LogP contribution in [0, 0.1) is 17.8 Å². The smallest absolute Gasteiger partial charge is 0.365 e. The molecule has 2 bridgehead atoms. The van der Waals surface area contributed by atoms with Gasteiger partial charge in [0.2, 0.25) is 0 Å². The van der Waals surface area contributed by atoms with Gasteiger partial charge in [0, 0.05) is 42.5 Å². The molecular weight excluding hydrogens is 628 g/mol. The Kier molecular flexibility index (Phi) is 8.91. The van der Waals surface area contributed by atoms with E-state index in [1.165, 1.54) is 38.5 Å². The first-order valence-electron chi connectivity index (χ1n) is 18.0. The maximum absolute atomic E-state index is 13.1. The van der Waals surface area contributed by atoms with Crippen molar-refractivity contribution < 1.29 is 19.2 Å². The zero-order valence-corrected chi connectivity index (χ0v) is 28.1. The van der Waals surface area contributed by atoms with Gasteiger partial charge in [0.05, 0.1) is 5.56 Å². The van der Waals surface area contributed by atoms with Crippen LogP contribution in [0.15, 0.2) is 84.9 Å². The number of amides is 2. The summed E-state index contributed by atoms with van der Waals surface area (Å²) in [6.45, 7) is 2.27. The van der Waals surface area contributed by atoms with Gasteiger partial charge in [0.25, 0.3) is 11.8 Å². The molecule has 3 aliphatic rings. The van der Waals surface area contributed by atoms with Gasteiger partial charge >= 0.3 is 5.97 Å². The molecule has 5 aromatic rings. The van der Waals surface area contributed by atoms with Crippen LogP contribution < -0.4 is 20.4 Å². The second kappa shape index (κ2) is 13.9. The first kappa shape index (κ1) is 32.0. The molecule has 50 heavy (non-hydrogen) atoms. The molecule has 1 unspecified atom stereocenters. The lowest BCUT2D eigenvalue weighted by Crippen LogP contribution is -2.44. The molecule has 1 aromatic heterocycles. The highest BCUT2D eigenvalue weighted by Crippen LogP contribution is 2.44. The number of benzene rings is 4. The van der Waals surface area contributed by atoms with Crippen LogP contribution in [0.2, 0.25) is 0 Å². The fourth-order valence-electron chi connectivity index (χ4n) is 8.27. The first-order chi connectivity index (χ1) is 24.5. The van der Waals surface area contributed by atoms with Crippen molar-refractivity contribution in [2.75, 3.05) is 24.5 Å². The Labute approximate surface area is 291 Å². The zero-order valence-electron chi connectivity index (χ0n) is 28.1. The number of hydrogen-bond acceptors (Lipinski definition) is 7. The highest BCUT2D eigenvalue weighted by molar-refractivity contribution is 5.99. The van der Waals surface area contributed by atoms with Crippen molar-refractivity contribution in [3.05, 3.63) is 102 Å². The minimum atomic E-state index is -0.573. The molecule has 10 heteroatoms. The third-order valence-electron chi connectivity index (χ3n) is 11.1. The maximum atomic E-state index is 13.1. The van der Waals surface area contributed by atoms with Gasteiger partial charge < -0.3 is 20.4 Å². The van der Waals surface area contributed by atoms with E-state index in [2.05, 4.69) is 25.8 Å². The summed E-state index contributed by atoms with van der Waals surface area (Å²) in [5.41, 5.74) is 3.51. The molecule has 1 aliphatic heterocycles. The average molecular weight is 671 g/mol.